The molecule has 0 aliphatic carbocycles. The van der Waals surface area contributed by atoms with Crippen LogP contribution >= 0.6 is 0 Å². The van der Waals surface area contributed by atoms with Crippen LogP contribution in [0.5, 0.6) is 0 Å². The number of unbranched alkanes of at least 4 members (excludes halogenated alkanes) is 1. The van der Waals surface area contributed by atoms with Crippen LogP contribution in [0.4, 0.5) is 0 Å². The summed E-state index contributed by atoms with van der Waals surface area (Å²) in [4.78, 5) is 31.1. The van der Waals surface area contributed by atoms with Crippen molar-refractivity contribution in [2.75, 3.05) is 6.54 Å². The van der Waals surface area contributed by atoms with E-state index in [1.165, 1.54) is 0 Å². The summed E-state index contributed by atoms with van der Waals surface area (Å²) in [5.74, 6) is -3.11. The summed E-state index contributed by atoms with van der Waals surface area (Å²) < 4.78 is 0. The monoisotopic (exact) mass is 217 g/mol. The van der Waals surface area contributed by atoms with Crippen LogP contribution in [0.3, 0.4) is 0 Å². The highest BCUT2D eigenvalue weighted by molar-refractivity contribution is 6.31. The maximum atomic E-state index is 10.5. The summed E-state index contributed by atoms with van der Waals surface area (Å²) in [6.07, 6.45) is 1.59. The van der Waals surface area contributed by atoms with Crippen LogP contribution in [0.1, 0.15) is 19.3 Å². The molecule has 0 saturated heterocycles. The highest BCUT2D eigenvalue weighted by atomic mass is 16.4. The molecule has 0 aromatic rings. The Morgan fingerprint density at radius 2 is 1.87 bits per heavy atom. The summed E-state index contributed by atoms with van der Waals surface area (Å²) in [5, 5.41) is 10.4. The number of primary amides is 1. The summed E-state index contributed by atoms with van der Waals surface area (Å²) in [6, 6.07) is -0.680. The minimum atomic E-state index is -1.51. The Hall–Kier alpha value is -1.63. The van der Waals surface area contributed by atoms with Gasteiger partial charge in [0.05, 0.1) is 6.04 Å². The number of rotatable bonds is 6. The zero-order valence-electron chi connectivity index (χ0n) is 8.23. The lowest BCUT2D eigenvalue weighted by Crippen LogP contribution is -2.36. The third-order valence-corrected chi connectivity index (χ3v) is 1.79. The van der Waals surface area contributed by atoms with Gasteiger partial charge in [-0.2, -0.15) is 0 Å². The van der Waals surface area contributed by atoms with E-state index in [4.69, 9.17) is 16.6 Å². The second-order valence-corrected chi connectivity index (χ2v) is 3.07. The lowest BCUT2D eigenvalue weighted by Gasteiger charge is -2.06. The van der Waals surface area contributed by atoms with E-state index in [9.17, 15) is 14.4 Å². The van der Waals surface area contributed by atoms with Gasteiger partial charge in [0.15, 0.2) is 0 Å². The molecule has 7 heteroatoms. The Bertz CT molecular complexity index is 254. The van der Waals surface area contributed by atoms with E-state index < -0.39 is 23.8 Å². The Morgan fingerprint density at radius 1 is 1.27 bits per heavy atom. The van der Waals surface area contributed by atoms with E-state index >= 15 is 0 Å². The van der Waals surface area contributed by atoms with Gasteiger partial charge in [0.2, 0.25) is 5.91 Å². The van der Waals surface area contributed by atoms with Crippen LogP contribution in [0.25, 0.3) is 0 Å². The summed E-state index contributed by atoms with van der Waals surface area (Å²) in [6.45, 7) is 0.247. The third kappa shape index (κ3) is 6.44. The minimum Gasteiger partial charge on any atom is -0.474 e. The molecule has 0 radical (unpaired) electrons. The normalized spacial score (nSPS) is 11.8. The standard InChI is InChI=1S/C8H15N3O4/c9-5(6(10)12)3-1-2-4-11-7(13)8(14)15/h5H,1-4,9H2,(H2,10,12)(H,11,13)(H,14,15)/t5-/m0/s1. The van der Waals surface area contributed by atoms with E-state index in [0.29, 0.717) is 19.3 Å². The average molecular weight is 217 g/mol. The molecule has 0 aliphatic heterocycles. The SMILES string of the molecule is NC(=O)[C@@H](N)CCCCNC(=O)C(=O)O. The third-order valence-electron chi connectivity index (χ3n) is 1.79. The molecule has 0 aromatic carbocycles. The molecule has 0 fully saturated rings. The first-order valence-electron chi connectivity index (χ1n) is 4.51. The first-order valence-corrected chi connectivity index (χ1v) is 4.51. The van der Waals surface area contributed by atoms with Gasteiger partial charge < -0.3 is 21.9 Å². The van der Waals surface area contributed by atoms with Crippen LogP contribution in [-0.4, -0.2) is 35.5 Å². The molecule has 6 N–H and O–H groups in total. The number of carboxylic acids is 1. The molecule has 2 amide bonds. The minimum absolute atomic E-state index is 0.247. The number of aliphatic carboxylic acids is 1. The quantitative estimate of drug-likeness (QED) is 0.306. The van der Waals surface area contributed by atoms with E-state index in [2.05, 4.69) is 5.32 Å². The number of nitrogens with one attached hydrogen (secondary N) is 1. The van der Waals surface area contributed by atoms with Crippen LogP contribution < -0.4 is 16.8 Å². The van der Waals surface area contributed by atoms with Gasteiger partial charge in [-0.1, -0.05) is 0 Å². The molecular weight excluding hydrogens is 202 g/mol. The molecule has 0 unspecified atom stereocenters. The maximum absolute atomic E-state index is 10.5. The van der Waals surface area contributed by atoms with Crippen LogP contribution in [0.2, 0.25) is 0 Å². The van der Waals surface area contributed by atoms with E-state index in [-0.39, 0.29) is 6.54 Å². The van der Waals surface area contributed by atoms with Gasteiger partial charge >= 0.3 is 11.9 Å². The van der Waals surface area contributed by atoms with Crippen molar-refractivity contribution in [2.45, 2.75) is 25.3 Å². The van der Waals surface area contributed by atoms with Crippen molar-refractivity contribution >= 4 is 17.8 Å². The molecule has 0 rings (SSSR count). The Morgan fingerprint density at radius 3 is 2.33 bits per heavy atom. The van der Waals surface area contributed by atoms with Gasteiger partial charge in [-0.05, 0) is 19.3 Å². The average Bonchev–Trinajstić information content (AvgIpc) is 2.16. The van der Waals surface area contributed by atoms with Gasteiger partial charge in [-0.3, -0.25) is 9.59 Å². The van der Waals surface area contributed by atoms with E-state index in [1.807, 2.05) is 0 Å². The number of carbonyl (C=O) groups is 3. The second kappa shape index (κ2) is 6.77. The Balaban J connectivity index is 3.44. The molecule has 0 bridgehead atoms. The summed E-state index contributed by atoms with van der Waals surface area (Å²) in [5.41, 5.74) is 10.3. The molecule has 0 aromatic heterocycles. The zero-order chi connectivity index (χ0) is 11.8. The predicted octanol–water partition coefficient (Wildman–Crippen LogP) is -1.83. The van der Waals surface area contributed by atoms with Crippen LogP contribution in [0, 0.1) is 0 Å². The van der Waals surface area contributed by atoms with Gasteiger partial charge in [-0.15, -0.1) is 0 Å². The molecule has 7 nitrogen and oxygen atoms in total. The van der Waals surface area contributed by atoms with Crippen molar-refractivity contribution in [2.24, 2.45) is 11.5 Å². The topological polar surface area (TPSA) is 136 Å². The number of carboxylic acid groups (broad SMARTS) is 1. The van der Waals surface area contributed by atoms with Crippen molar-refractivity contribution in [3.63, 3.8) is 0 Å². The zero-order valence-corrected chi connectivity index (χ0v) is 8.23. The van der Waals surface area contributed by atoms with Crippen molar-refractivity contribution in [3.8, 4) is 0 Å². The number of hydrogen-bond donors (Lipinski definition) is 4. The molecule has 15 heavy (non-hydrogen) atoms. The number of hydrogen-bond acceptors (Lipinski definition) is 4. The number of carbonyl (C=O) groups excluding carboxylic acids is 2. The molecule has 0 saturated carbocycles. The van der Waals surface area contributed by atoms with Crippen molar-refractivity contribution < 1.29 is 19.5 Å². The van der Waals surface area contributed by atoms with Crippen molar-refractivity contribution in [1.29, 1.82) is 0 Å². The lowest BCUT2D eigenvalue weighted by atomic mass is 10.1. The van der Waals surface area contributed by atoms with Crippen LogP contribution in [0.15, 0.2) is 0 Å². The highest BCUT2D eigenvalue weighted by Gasteiger charge is 2.10. The first-order chi connectivity index (χ1) is 6.95. The first kappa shape index (κ1) is 13.4. The van der Waals surface area contributed by atoms with Gasteiger partial charge in [0.1, 0.15) is 0 Å². The second-order valence-electron chi connectivity index (χ2n) is 3.07. The van der Waals surface area contributed by atoms with E-state index in [0.717, 1.165) is 0 Å². The molecule has 0 heterocycles. The predicted molar refractivity (Wildman–Crippen MR) is 51.7 cm³/mol. The lowest BCUT2D eigenvalue weighted by molar-refractivity contribution is -0.150. The number of nitrogens with two attached hydrogens (primary N) is 2. The largest absolute Gasteiger partial charge is 0.474 e. The molecule has 0 aliphatic rings. The van der Waals surface area contributed by atoms with Crippen molar-refractivity contribution in [3.05, 3.63) is 0 Å². The van der Waals surface area contributed by atoms with Gasteiger partial charge in [0, 0.05) is 6.54 Å². The van der Waals surface area contributed by atoms with Gasteiger partial charge in [0.25, 0.3) is 0 Å². The molecule has 0 spiro atoms. The summed E-state index contributed by atoms with van der Waals surface area (Å²) in [7, 11) is 0. The molecular formula is C8H15N3O4. The Labute approximate surface area is 86.8 Å². The van der Waals surface area contributed by atoms with Gasteiger partial charge in [-0.25, -0.2) is 4.79 Å². The number of amides is 2. The summed E-state index contributed by atoms with van der Waals surface area (Å²) >= 11 is 0. The van der Waals surface area contributed by atoms with Crippen molar-refractivity contribution in [1.82, 2.24) is 5.32 Å². The fourth-order valence-corrected chi connectivity index (χ4v) is 0.909. The molecule has 86 valence electrons. The Kier molecular flexibility index (Phi) is 6.03. The van der Waals surface area contributed by atoms with Crippen LogP contribution in [-0.2, 0) is 14.4 Å². The highest BCUT2D eigenvalue weighted by Crippen LogP contribution is 1.97. The molecule has 1 atom stereocenters. The van der Waals surface area contributed by atoms with E-state index in [1.54, 1.807) is 0 Å². The fraction of sp³-hybridized carbons (Fsp3) is 0.625. The fourth-order valence-electron chi connectivity index (χ4n) is 0.909. The smallest absolute Gasteiger partial charge is 0.394 e. The maximum Gasteiger partial charge on any atom is 0.394 e.